The molecule has 0 saturated carbocycles. The van der Waals surface area contributed by atoms with E-state index in [1.807, 2.05) is 46.0 Å². The van der Waals surface area contributed by atoms with Crippen LogP contribution in [0.3, 0.4) is 0 Å². The molecular weight excluding hydrogens is 458 g/mol. The summed E-state index contributed by atoms with van der Waals surface area (Å²) >= 11 is 0. The number of pyridine rings is 1. The number of nitrogens with zero attached hydrogens (tertiary/aromatic N) is 5. The number of anilines is 2. The molecule has 5 rings (SSSR count). The molecule has 10 heteroatoms. The summed E-state index contributed by atoms with van der Waals surface area (Å²) in [4.78, 5) is 17.3. The Balaban J connectivity index is 1.34. The van der Waals surface area contributed by atoms with Crippen molar-refractivity contribution in [1.29, 1.82) is 0 Å². The van der Waals surface area contributed by atoms with E-state index in [0.29, 0.717) is 29.4 Å². The van der Waals surface area contributed by atoms with Crippen molar-refractivity contribution in [2.75, 3.05) is 23.8 Å². The number of benzene rings is 1. The van der Waals surface area contributed by atoms with Crippen LogP contribution in [-0.4, -0.2) is 50.3 Å². The van der Waals surface area contributed by atoms with Gasteiger partial charge in [-0.15, -0.1) is 5.10 Å². The number of carbonyl (C=O) groups is 1. The van der Waals surface area contributed by atoms with Gasteiger partial charge in [0.2, 0.25) is 0 Å². The van der Waals surface area contributed by atoms with Crippen LogP contribution in [0.25, 0.3) is 16.9 Å². The Labute approximate surface area is 209 Å². The van der Waals surface area contributed by atoms with Gasteiger partial charge in [-0.1, -0.05) is 37.2 Å². The summed E-state index contributed by atoms with van der Waals surface area (Å²) in [5.74, 6) is 0.785. The van der Waals surface area contributed by atoms with E-state index in [-0.39, 0.29) is 17.4 Å². The molecule has 0 aliphatic carbocycles. The minimum absolute atomic E-state index is 0.201. The summed E-state index contributed by atoms with van der Waals surface area (Å²) < 4.78 is 12.5. The van der Waals surface area contributed by atoms with E-state index in [0.717, 1.165) is 35.5 Å². The topological polar surface area (TPSA) is 120 Å². The van der Waals surface area contributed by atoms with Crippen LogP contribution >= 0.6 is 0 Å². The summed E-state index contributed by atoms with van der Waals surface area (Å²) in [6.07, 6.45) is 6.34. The van der Waals surface area contributed by atoms with Gasteiger partial charge in [0, 0.05) is 41.6 Å². The van der Waals surface area contributed by atoms with Gasteiger partial charge < -0.3 is 19.9 Å². The summed E-state index contributed by atoms with van der Waals surface area (Å²) in [7, 11) is 0. The zero-order chi connectivity index (χ0) is 25.3. The van der Waals surface area contributed by atoms with Crippen LogP contribution in [0.4, 0.5) is 11.5 Å². The van der Waals surface area contributed by atoms with Crippen molar-refractivity contribution in [3.63, 3.8) is 0 Å². The molecule has 0 radical (unpaired) electrons. The Morgan fingerprint density at radius 1 is 1.17 bits per heavy atom. The van der Waals surface area contributed by atoms with Crippen LogP contribution in [0.15, 0.2) is 53.4 Å². The third-order valence-corrected chi connectivity index (χ3v) is 6.04. The summed E-state index contributed by atoms with van der Waals surface area (Å²) in [5.41, 5.74) is 4.41. The highest BCUT2D eigenvalue weighted by Crippen LogP contribution is 2.26. The fourth-order valence-corrected chi connectivity index (χ4v) is 3.93. The van der Waals surface area contributed by atoms with Crippen molar-refractivity contribution < 1.29 is 14.1 Å². The molecule has 2 N–H and O–H groups in total. The molecule has 10 nitrogen and oxygen atoms in total. The van der Waals surface area contributed by atoms with Crippen LogP contribution < -0.4 is 10.6 Å². The van der Waals surface area contributed by atoms with Gasteiger partial charge in [-0.25, -0.2) is 4.68 Å². The maximum absolute atomic E-state index is 12.9. The van der Waals surface area contributed by atoms with Crippen LogP contribution in [0.2, 0.25) is 0 Å². The highest BCUT2D eigenvalue weighted by atomic mass is 16.5. The van der Waals surface area contributed by atoms with Gasteiger partial charge in [0.15, 0.2) is 5.82 Å². The predicted molar refractivity (Wildman–Crippen MR) is 135 cm³/mol. The number of aryl methyl sites for hydroxylation is 1. The second-order valence-electron chi connectivity index (χ2n) is 10.00. The number of hydrogen-bond acceptors (Lipinski definition) is 8. The first-order chi connectivity index (χ1) is 17.3. The average Bonchev–Trinajstić information content (AvgIpc) is 3.61. The molecule has 4 heterocycles. The van der Waals surface area contributed by atoms with Crippen LogP contribution in [0, 0.1) is 6.92 Å². The highest BCUT2D eigenvalue weighted by Gasteiger charge is 2.21. The number of nitrogens with one attached hydrogen (secondary N) is 2. The van der Waals surface area contributed by atoms with Crippen LogP contribution in [-0.2, 0) is 10.2 Å². The fraction of sp³-hybridized carbons (Fsp3) is 0.346. The zero-order valence-corrected chi connectivity index (χ0v) is 20.8. The second kappa shape index (κ2) is 9.54. The molecule has 1 aliphatic heterocycles. The van der Waals surface area contributed by atoms with Gasteiger partial charge in [-0.05, 0) is 37.1 Å². The lowest BCUT2D eigenvalue weighted by Gasteiger charge is -2.12. The lowest BCUT2D eigenvalue weighted by atomic mass is 9.93. The quantitative estimate of drug-likeness (QED) is 0.411. The Kier molecular flexibility index (Phi) is 6.27. The number of rotatable bonds is 6. The SMILES string of the molecule is Cc1ccc(C(=O)Nc2cc(C(C)(C)C)on2)cc1-n1cc(-c2cncc(NC3CCOC3)c2)nn1. The molecule has 1 atom stereocenters. The van der Waals surface area contributed by atoms with E-state index in [9.17, 15) is 4.79 Å². The fourth-order valence-electron chi connectivity index (χ4n) is 3.93. The van der Waals surface area contributed by atoms with Crippen LogP contribution in [0.5, 0.6) is 0 Å². The van der Waals surface area contributed by atoms with Crippen molar-refractivity contribution in [2.24, 2.45) is 0 Å². The molecule has 0 spiro atoms. The van der Waals surface area contributed by atoms with E-state index in [1.165, 1.54) is 0 Å². The van der Waals surface area contributed by atoms with Gasteiger partial charge >= 0.3 is 0 Å². The van der Waals surface area contributed by atoms with Gasteiger partial charge in [0.25, 0.3) is 5.91 Å². The smallest absolute Gasteiger partial charge is 0.256 e. The number of amides is 1. The molecule has 1 amide bonds. The molecule has 3 aromatic heterocycles. The summed E-state index contributed by atoms with van der Waals surface area (Å²) in [6.45, 7) is 9.48. The van der Waals surface area contributed by atoms with E-state index >= 15 is 0 Å². The van der Waals surface area contributed by atoms with Crippen LogP contribution in [0.1, 0.15) is 48.9 Å². The monoisotopic (exact) mass is 487 g/mol. The normalized spacial score (nSPS) is 15.7. The van der Waals surface area contributed by atoms with Crippen molar-refractivity contribution in [3.8, 4) is 16.9 Å². The van der Waals surface area contributed by atoms with Gasteiger partial charge in [-0.2, -0.15) is 0 Å². The third kappa shape index (κ3) is 5.13. The van der Waals surface area contributed by atoms with E-state index in [1.54, 1.807) is 35.3 Å². The maximum Gasteiger partial charge on any atom is 0.256 e. The van der Waals surface area contributed by atoms with Gasteiger partial charge in [0.05, 0.1) is 30.2 Å². The minimum atomic E-state index is -0.288. The first-order valence-corrected chi connectivity index (χ1v) is 11.9. The van der Waals surface area contributed by atoms with Crippen molar-refractivity contribution >= 4 is 17.4 Å². The molecule has 1 aliphatic rings. The first-order valence-electron chi connectivity index (χ1n) is 11.9. The first kappa shape index (κ1) is 23.7. The molecule has 1 unspecified atom stereocenters. The third-order valence-electron chi connectivity index (χ3n) is 6.04. The number of ether oxygens (including phenoxy) is 1. The van der Waals surface area contributed by atoms with Gasteiger partial charge in [0.1, 0.15) is 11.5 Å². The van der Waals surface area contributed by atoms with Crippen molar-refractivity contribution in [2.45, 2.75) is 45.6 Å². The van der Waals surface area contributed by atoms with Gasteiger partial charge in [-0.3, -0.25) is 9.78 Å². The number of aromatic nitrogens is 5. The Morgan fingerprint density at radius 2 is 2.03 bits per heavy atom. The standard InChI is InChI=1S/C26H29N7O3/c1-16-5-6-17(25(34)29-24-11-23(36-31-24)26(2,3)4)10-22(16)33-14-21(30-32-33)18-9-20(13-27-12-18)28-19-7-8-35-15-19/h5-6,9-14,19,28H,7-8,15H2,1-4H3,(H,29,31,34). The zero-order valence-electron chi connectivity index (χ0n) is 20.8. The Morgan fingerprint density at radius 3 is 2.78 bits per heavy atom. The summed E-state index contributed by atoms with van der Waals surface area (Å²) in [6, 6.07) is 9.46. The van der Waals surface area contributed by atoms with E-state index in [2.05, 4.69) is 31.1 Å². The van der Waals surface area contributed by atoms with Crippen molar-refractivity contribution in [3.05, 3.63) is 65.8 Å². The number of hydrogen-bond donors (Lipinski definition) is 2. The molecule has 36 heavy (non-hydrogen) atoms. The average molecular weight is 488 g/mol. The molecule has 4 aromatic rings. The molecule has 1 saturated heterocycles. The molecular formula is C26H29N7O3. The highest BCUT2D eigenvalue weighted by molar-refractivity contribution is 6.04. The molecule has 1 fully saturated rings. The van der Waals surface area contributed by atoms with E-state index in [4.69, 9.17) is 9.26 Å². The molecule has 186 valence electrons. The maximum atomic E-state index is 12.9. The largest absolute Gasteiger partial charge is 0.379 e. The molecule has 0 bridgehead atoms. The predicted octanol–water partition coefficient (Wildman–Crippen LogP) is 4.38. The Hall–Kier alpha value is -4.05. The molecule has 1 aromatic carbocycles. The lowest BCUT2D eigenvalue weighted by Crippen LogP contribution is -2.18. The van der Waals surface area contributed by atoms with Crippen molar-refractivity contribution in [1.82, 2.24) is 25.1 Å². The lowest BCUT2D eigenvalue weighted by molar-refractivity contribution is 0.102. The van der Waals surface area contributed by atoms with E-state index < -0.39 is 0 Å². The Bertz CT molecular complexity index is 1380. The second-order valence-corrected chi connectivity index (χ2v) is 10.00. The minimum Gasteiger partial charge on any atom is -0.379 e. The number of carbonyl (C=O) groups excluding carboxylic acids is 1. The summed E-state index contributed by atoms with van der Waals surface area (Å²) in [5, 5.41) is 18.9.